The molecule has 0 spiro atoms. The van der Waals surface area contributed by atoms with Crippen LogP contribution in [0.15, 0.2) is 36.4 Å². The second kappa shape index (κ2) is 11.4. The first-order valence-electron chi connectivity index (χ1n) is 8.16. The fourth-order valence-electron chi connectivity index (χ4n) is 2.48. The van der Waals surface area contributed by atoms with Crippen molar-refractivity contribution in [1.29, 1.82) is 0 Å². The summed E-state index contributed by atoms with van der Waals surface area (Å²) < 4.78 is 36.2. The predicted molar refractivity (Wildman–Crippen MR) is 103 cm³/mol. The zero-order chi connectivity index (χ0) is 21.6. The van der Waals surface area contributed by atoms with Gasteiger partial charge in [-0.25, -0.2) is 0 Å². The molecule has 1 atom stereocenters. The van der Waals surface area contributed by atoms with E-state index in [1.807, 2.05) is 0 Å². The molecule has 0 amide bonds. The second-order valence-electron chi connectivity index (χ2n) is 5.58. The van der Waals surface area contributed by atoms with Crippen LogP contribution in [0.3, 0.4) is 0 Å². The van der Waals surface area contributed by atoms with Gasteiger partial charge in [-0.2, -0.15) is 0 Å². The maximum absolute atomic E-state index is 12.6. The van der Waals surface area contributed by atoms with E-state index in [0.717, 1.165) is 0 Å². The summed E-state index contributed by atoms with van der Waals surface area (Å²) in [4.78, 5) is 32.5. The van der Waals surface area contributed by atoms with Crippen molar-refractivity contribution in [3.63, 3.8) is 0 Å². The quantitative estimate of drug-likeness (QED) is 0.234. The summed E-state index contributed by atoms with van der Waals surface area (Å²) in [5.74, 6) is 0.549. The van der Waals surface area contributed by atoms with Gasteiger partial charge in [0.05, 0.1) is 28.4 Å². The van der Waals surface area contributed by atoms with Crippen molar-refractivity contribution in [3.05, 3.63) is 47.5 Å². The molecule has 1 unspecified atom stereocenters. The largest absolute Gasteiger partial charge is 1.00 e. The molecule has 2 rings (SSSR count). The van der Waals surface area contributed by atoms with Crippen molar-refractivity contribution in [2.24, 2.45) is 0 Å². The van der Waals surface area contributed by atoms with Crippen molar-refractivity contribution in [2.45, 2.75) is 0 Å². The monoisotopic (exact) mass is 446 g/mol. The molecule has 156 valence electrons. The smallest absolute Gasteiger partial charge is 0.746 e. The van der Waals surface area contributed by atoms with Gasteiger partial charge >= 0.3 is 37.4 Å². The number of methoxy groups -OCH3 is 4. The molecule has 0 bridgehead atoms. The molecule has 0 aliphatic rings. The van der Waals surface area contributed by atoms with Crippen LogP contribution in [0.25, 0.3) is 6.08 Å². The number of carbonyl (C=O) groups is 1. The van der Waals surface area contributed by atoms with Crippen molar-refractivity contribution >= 4 is 19.7 Å². The van der Waals surface area contributed by atoms with Crippen LogP contribution in [0.5, 0.6) is 28.7 Å². The van der Waals surface area contributed by atoms with E-state index in [0.29, 0.717) is 28.4 Å². The van der Waals surface area contributed by atoms with Crippen molar-refractivity contribution in [3.8, 4) is 28.7 Å². The van der Waals surface area contributed by atoms with E-state index >= 15 is 0 Å². The molecule has 2 aromatic carbocycles. The fraction of sp³-hybridized carbons (Fsp3) is 0.211. The Kier molecular flexibility index (Phi) is 9.90. The van der Waals surface area contributed by atoms with Gasteiger partial charge in [0, 0.05) is 5.56 Å². The molecule has 9 nitrogen and oxygen atoms in total. The topological polar surface area (TPSA) is 124 Å². The fourth-order valence-corrected chi connectivity index (χ4v) is 2.88. The maximum atomic E-state index is 12.6. The number of allylic oxidation sites excluding steroid dienone is 1. The van der Waals surface area contributed by atoms with Gasteiger partial charge in [0.1, 0.15) is 0 Å². The molecule has 0 heterocycles. The standard InChI is InChI=1S/C19H21O9P.Na/c1-24-15-8-6-12(9-16(15)28-29(21,22)23)5-7-14(20)13-10-17(25-2)19(27-4)18(11-13)26-3;/h5-11H,1-4H3,(H2,21,22,23);/q;+1/p-1/b7-5+;. The molecule has 0 fully saturated rings. The molecule has 30 heavy (non-hydrogen) atoms. The first-order chi connectivity index (χ1) is 13.7. The van der Waals surface area contributed by atoms with Crippen LogP contribution in [0.1, 0.15) is 15.9 Å². The van der Waals surface area contributed by atoms with Gasteiger partial charge in [0.2, 0.25) is 5.75 Å². The second-order valence-corrected chi connectivity index (χ2v) is 6.70. The SMILES string of the molecule is COc1ccc(/C=C/C(=O)c2cc(OC)c(OC)c(OC)c2)cc1OP(=O)([O-])O.[Na+]. The molecule has 0 aliphatic heterocycles. The molecular formula is C19H20NaO9P. The summed E-state index contributed by atoms with van der Waals surface area (Å²) in [6.07, 6.45) is 2.73. The number of hydrogen-bond donors (Lipinski definition) is 1. The van der Waals surface area contributed by atoms with Gasteiger partial charge < -0.3 is 33.3 Å². The van der Waals surface area contributed by atoms with Gasteiger partial charge in [0.15, 0.2) is 28.8 Å². The third kappa shape index (κ3) is 6.77. The number of phosphoric ester groups is 1. The van der Waals surface area contributed by atoms with Gasteiger partial charge in [0.25, 0.3) is 0 Å². The number of ketones is 1. The number of ether oxygens (including phenoxy) is 4. The first kappa shape index (κ1) is 26.0. The third-order valence-corrected chi connectivity index (χ3v) is 4.21. The van der Waals surface area contributed by atoms with E-state index in [9.17, 15) is 14.3 Å². The summed E-state index contributed by atoms with van der Waals surface area (Å²) >= 11 is 0. The van der Waals surface area contributed by atoms with Crippen LogP contribution in [-0.2, 0) is 4.57 Å². The van der Waals surface area contributed by atoms with E-state index in [4.69, 9.17) is 23.8 Å². The summed E-state index contributed by atoms with van der Waals surface area (Å²) in [6, 6.07) is 7.34. The van der Waals surface area contributed by atoms with E-state index in [1.54, 1.807) is 6.07 Å². The first-order valence-corrected chi connectivity index (χ1v) is 9.65. The Hall–Kier alpha value is -2.00. The number of benzene rings is 2. The molecule has 11 heteroatoms. The van der Waals surface area contributed by atoms with Crippen LogP contribution in [0.4, 0.5) is 0 Å². The minimum Gasteiger partial charge on any atom is -0.746 e. The average Bonchev–Trinajstić information content (AvgIpc) is 2.69. The average molecular weight is 446 g/mol. The molecule has 0 saturated heterocycles. The Labute approximate surface area is 196 Å². The van der Waals surface area contributed by atoms with Crippen LogP contribution >= 0.6 is 7.82 Å². The van der Waals surface area contributed by atoms with E-state index in [1.165, 1.54) is 64.9 Å². The molecule has 0 radical (unpaired) electrons. The van der Waals surface area contributed by atoms with Crippen molar-refractivity contribution in [2.75, 3.05) is 28.4 Å². The van der Waals surface area contributed by atoms with Crippen LogP contribution in [0.2, 0.25) is 0 Å². The van der Waals surface area contributed by atoms with Crippen LogP contribution in [-0.4, -0.2) is 39.1 Å². The predicted octanol–water partition coefficient (Wildman–Crippen LogP) is -0.539. The number of carbonyl (C=O) groups excluding carboxylic acids is 1. The Bertz CT molecular complexity index is 943. The van der Waals surface area contributed by atoms with Gasteiger partial charge in [-0.05, 0) is 35.9 Å². The van der Waals surface area contributed by atoms with Gasteiger partial charge in [-0.1, -0.05) is 12.1 Å². The molecule has 0 saturated carbocycles. The van der Waals surface area contributed by atoms with E-state index in [-0.39, 0.29) is 46.8 Å². The Balaban J connectivity index is 0.00000450. The Morgan fingerprint density at radius 2 is 1.50 bits per heavy atom. The Morgan fingerprint density at radius 1 is 0.933 bits per heavy atom. The van der Waals surface area contributed by atoms with Gasteiger partial charge in [-0.3, -0.25) is 9.36 Å². The van der Waals surface area contributed by atoms with E-state index < -0.39 is 7.82 Å². The summed E-state index contributed by atoms with van der Waals surface area (Å²) in [7, 11) is 0.636. The minimum atomic E-state index is -5.02. The van der Waals surface area contributed by atoms with Crippen molar-refractivity contribution in [1.82, 2.24) is 0 Å². The summed E-state index contributed by atoms with van der Waals surface area (Å²) in [5, 5.41) is 0. The summed E-state index contributed by atoms with van der Waals surface area (Å²) in [6.45, 7) is 0. The molecule has 2 aromatic rings. The number of rotatable bonds is 9. The van der Waals surface area contributed by atoms with Crippen molar-refractivity contribution < 1.29 is 72.2 Å². The molecule has 0 aromatic heterocycles. The minimum absolute atomic E-state index is 0. The number of hydrogen-bond acceptors (Lipinski definition) is 8. The Morgan fingerprint density at radius 3 is 1.97 bits per heavy atom. The zero-order valence-corrected chi connectivity index (χ0v) is 20.1. The molecule has 0 aliphatic carbocycles. The normalized spacial score (nSPS) is 12.5. The maximum Gasteiger partial charge on any atom is 1.00 e. The van der Waals surface area contributed by atoms with Gasteiger partial charge in [-0.15, -0.1) is 0 Å². The molecular weight excluding hydrogens is 426 g/mol. The van der Waals surface area contributed by atoms with Crippen LogP contribution in [0, 0.1) is 0 Å². The zero-order valence-electron chi connectivity index (χ0n) is 17.2. The van der Waals surface area contributed by atoms with Crippen LogP contribution < -0.4 is 57.9 Å². The third-order valence-electron chi connectivity index (χ3n) is 3.78. The summed E-state index contributed by atoms with van der Waals surface area (Å²) in [5.41, 5.74) is 0.732. The molecule has 1 N–H and O–H groups in total. The van der Waals surface area contributed by atoms with E-state index in [2.05, 4.69) is 4.52 Å². The number of phosphoric acid groups is 1.